The Labute approximate surface area is 583 Å². The third-order valence-electron chi connectivity index (χ3n) is 19.5. The Balaban J connectivity index is 0.790. The van der Waals surface area contributed by atoms with Crippen molar-refractivity contribution in [2.45, 2.75) is 10.8 Å². The first-order valence-corrected chi connectivity index (χ1v) is 32.8. The van der Waals surface area contributed by atoms with Gasteiger partial charge in [0.25, 0.3) is 0 Å². The highest BCUT2D eigenvalue weighted by molar-refractivity contribution is 5.92. The number of ether oxygens (including phenoxy) is 2. The summed E-state index contributed by atoms with van der Waals surface area (Å²) >= 11 is 0. The summed E-state index contributed by atoms with van der Waals surface area (Å²) < 4.78 is 141. The van der Waals surface area contributed by atoms with Crippen molar-refractivity contribution in [3.63, 3.8) is 0 Å². The first-order valence-electron chi connectivity index (χ1n) is 32.8. The van der Waals surface area contributed by atoms with Gasteiger partial charge in [0.05, 0.1) is 10.8 Å². The van der Waals surface area contributed by atoms with Crippen molar-refractivity contribution >= 4 is 46.3 Å². The summed E-state index contributed by atoms with van der Waals surface area (Å²) in [5, 5.41) is 0. The van der Waals surface area contributed by atoms with Gasteiger partial charge in [-0.1, -0.05) is 183 Å². The maximum atomic E-state index is 16.7. The van der Waals surface area contributed by atoms with Gasteiger partial charge < -0.3 is 19.3 Å². The number of hydrogen-bond donors (Lipinski definition) is 0. The van der Waals surface area contributed by atoms with Gasteiger partial charge in [-0.3, -0.25) is 0 Å². The molecular weight excluding hydrogens is 1290 g/mol. The fraction of sp³-hybridized carbons (Fsp3) is 0.0222. The summed E-state index contributed by atoms with van der Waals surface area (Å²) in [6.07, 6.45) is 3.48. The molecule has 14 aromatic rings. The molecule has 16 rings (SSSR count). The Morgan fingerprint density at radius 2 is 0.569 bits per heavy atom. The second-order valence-corrected chi connectivity index (χ2v) is 25.0. The summed E-state index contributed by atoms with van der Waals surface area (Å²) in [5.41, 5.74) is 9.68. The van der Waals surface area contributed by atoms with Crippen molar-refractivity contribution < 1.29 is 44.6 Å². The maximum absolute atomic E-state index is 16.7. The average Bonchev–Trinajstić information content (AvgIpc) is 1.54. The highest BCUT2D eigenvalue weighted by atomic mass is 19.2. The lowest BCUT2D eigenvalue weighted by Gasteiger charge is -2.35. The Kier molecular flexibility index (Phi) is 16.2. The lowest BCUT2D eigenvalue weighted by molar-refractivity contribution is 0.482. The van der Waals surface area contributed by atoms with Crippen LogP contribution in [0.2, 0.25) is 0 Å². The van der Waals surface area contributed by atoms with E-state index in [9.17, 15) is 0 Å². The molecule has 2 aliphatic rings. The SMILES string of the molecule is C=Cc1ccc(Oc2ccc(C3(c4ccc(F)cc4)c4ccccc4-c4ccc(N(c5ccc(-c6ccc(N(c7ccc8c(c7)C(c7ccc(F)cc7)(c7ccc(Oc9ccc(C=C)cc9)cc7)c7ccccc7-8)c7c(F)ccc(F)c7F)cc6)cc5)c5c(F)ccc(F)c5F)cc43)cc2)cc1. The topological polar surface area (TPSA) is 24.9 Å². The van der Waals surface area contributed by atoms with Crippen LogP contribution < -0.4 is 19.3 Å². The third kappa shape index (κ3) is 10.8. The van der Waals surface area contributed by atoms with Crippen LogP contribution in [0.25, 0.3) is 45.5 Å². The number of rotatable bonds is 17. The second kappa shape index (κ2) is 25.8. The lowest BCUT2D eigenvalue weighted by Crippen LogP contribution is -2.29. The zero-order valence-electron chi connectivity index (χ0n) is 54.2. The van der Waals surface area contributed by atoms with Gasteiger partial charge in [0, 0.05) is 22.7 Å². The first-order chi connectivity index (χ1) is 49.7. The van der Waals surface area contributed by atoms with Gasteiger partial charge in [0.1, 0.15) is 57.6 Å². The molecule has 0 aromatic heterocycles. The van der Waals surface area contributed by atoms with E-state index in [1.54, 1.807) is 97.1 Å². The van der Waals surface area contributed by atoms with Crippen LogP contribution in [-0.2, 0) is 10.8 Å². The predicted octanol–water partition coefficient (Wildman–Crippen LogP) is 25.0. The van der Waals surface area contributed by atoms with Gasteiger partial charge in [-0.15, -0.1) is 0 Å². The van der Waals surface area contributed by atoms with Crippen molar-refractivity contribution in [1.29, 1.82) is 0 Å². The predicted molar refractivity (Wildman–Crippen MR) is 389 cm³/mol. The Morgan fingerprint density at radius 3 is 0.912 bits per heavy atom. The van der Waals surface area contributed by atoms with E-state index in [0.717, 1.165) is 79.9 Å². The quantitative estimate of drug-likeness (QED) is 0.0670. The first kappa shape index (κ1) is 63.9. The summed E-state index contributed by atoms with van der Waals surface area (Å²) in [6.45, 7) is 7.69. The minimum absolute atomic E-state index is 0.238. The van der Waals surface area contributed by atoms with Crippen LogP contribution in [0.15, 0.2) is 316 Å². The molecule has 0 bridgehead atoms. The fourth-order valence-corrected chi connectivity index (χ4v) is 14.8. The molecule has 14 aromatic carbocycles. The largest absolute Gasteiger partial charge is 0.457 e. The van der Waals surface area contributed by atoms with E-state index in [1.807, 2.05) is 170 Å². The van der Waals surface area contributed by atoms with Crippen LogP contribution in [-0.4, -0.2) is 0 Å². The molecule has 2 aliphatic carbocycles. The molecule has 0 fully saturated rings. The number of halogens is 8. The molecule has 0 spiro atoms. The van der Waals surface area contributed by atoms with Crippen LogP contribution in [0.4, 0.5) is 69.2 Å². The lowest BCUT2D eigenvalue weighted by atomic mass is 9.67. The van der Waals surface area contributed by atoms with Crippen molar-refractivity contribution in [2.75, 3.05) is 9.80 Å². The van der Waals surface area contributed by atoms with Gasteiger partial charge >= 0.3 is 0 Å². The van der Waals surface area contributed by atoms with Crippen molar-refractivity contribution in [3.05, 3.63) is 419 Å². The number of hydrogen-bond acceptors (Lipinski definition) is 4. The van der Waals surface area contributed by atoms with Crippen LogP contribution >= 0.6 is 0 Å². The number of fused-ring (bicyclic) bond motifs is 6. The second-order valence-electron chi connectivity index (χ2n) is 25.0. The van der Waals surface area contributed by atoms with E-state index < -0.39 is 68.7 Å². The Morgan fingerprint density at radius 1 is 0.275 bits per heavy atom. The highest BCUT2D eigenvalue weighted by Gasteiger charge is 2.48. The molecular formula is C90H56F8N2O2. The molecule has 0 N–H and O–H groups in total. The standard InChI is InChI=1S/C90H56F8N2O2/c1-3-55-13-39-69(40-14-55)101-71-43-25-61(26-44-71)89(59-21-29-63(91)30-22-59)77-11-7-5-9-73(77)75-47-37-67(53-79(75)89)99(87-83(95)51-49-81(93)85(87)97)65-33-17-57(18-34-65)58-19-35-66(36-20-58)100(88-84(96)52-50-82(94)86(88)98)68-38-48-76-74-10-6-8-12-78(74)90(80(76)54-68,60-23-31-64(92)32-24-60)62-27-45-72(46-28-62)102-70-41-15-56(4-2)16-42-70/h3-54H,1-2H2. The minimum Gasteiger partial charge on any atom is -0.457 e. The monoisotopic (exact) mass is 1350 g/mol. The molecule has 494 valence electrons. The van der Waals surface area contributed by atoms with Gasteiger partial charge in [-0.25, -0.2) is 35.1 Å². The molecule has 102 heavy (non-hydrogen) atoms. The normalized spacial score (nSPS) is 14.6. The molecule has 0 aliphatic heterocycles. The summed E-state index contributed by atoms with van der Waals surface area (Å²) in [4.78, 5) is 2.64. The summed E-state index contributed by atoms with van der Waals surface area (Å²) in [7, 11) is 0. The van der Waals surface area contributed by atoms with E-state index in [1.165, 1.54) is 34.1 Å². The van der Waals surface area contributed by atoms with Crippen LogP contribution in [0, 0.1) is 46.5 Å². The fourth-order valence-electron chi connectivity index (χ4n) is 14.8. The number of benzene rings is 14. The van der Waals surface area contributed by atoms with E-state index in [2.05, 4.69) is 13.2 Å². The highest BCUT2D eigenvalue weighted by Crippen LogP contribution is 2.60. The minimum atomic E-state index is -1.44. The zero-order valence-corrected chi connectivity index (χ0v) is 54.2. The summed E-state index contributed by atoms with van der Waals surface area (Å²) in [5.74, 6) is -6.13. The molecule has 0 saturated heterocycles. The van der Waals surface area contributed by atoms with E-state index >= 15 is 35.1 Å². The smallest absolute Gasteiger partial charge is 0.185 e. The van der Waals surface area contributed by atoms with E-state index in [4.69, 9.17) is 9.47 Å². The Hall–Kier alpha value is -12.8. The van der Waals surface area contributed by atoms with Crippen molar-refractivity contribution in [1.82, 2.24) is 0 Å². The third-order valence-corrected chi connectivity index (χ3v) is 19.5. The Bertz CT molecular complexity index is 5230. The maximum Gasteiger partial charge on any atom is 0.185 e. The summed E-state index contributed by atoms with van der Waals surface area (Å²) in [6, 6.07) is 85.8. The molecule has 2 unspecified atom stereocenters. The molecule has 12 heteroatoms. The van der Waals surface area contributed by atoms with Crippen LogP contribution in [0.5, 0.6) is 23.0 Å². The number of nitrogens with zero attached hydrogens (tertiary/aromatic N) is 2. The number of anilines is 6. The molecule has 0 amide bonds. The molecule has 0 heterocycles. The van der Waals surface area contributed by atoms with Gasteiger partial charge in [-0.05, 0) is 235 Å². The van der Waals surface area contributed by atoms with Gasteiger partial charge in [0.15, 0.2) is 23.3 Å². The van der Waals surface area contributed by atoms with Crippen LogP contribution in [0.1, 0.15) is 55.6 Å². The van der Waals surface area contributed by atoms with Crippen molar-refractivity contribution in [3.8, 4) is 56.4 Å². The molecule has 0 saturated carbocycles. The van der Waals surface area contributed by atoms with Gasteiger partial charge in [0.2, 0.25) is 0 Å². The zero-order chi connectivity index (χ0) is 70.0. The van der Waals surface area contributed by atoms with E-state index in [0.29, 0.717) is 56.4 Å². The average molecular weight is 1350 g/mol. The van der Waals surface area contributed by atoms with Gasteiger partial charge in [-0.2, -0.15) is 0 Å². The van der Waals surface area contributed by atoms with Crippen LogP contribution in [0.3, 0.4) is 0 Å². The van der Waals surface area contributed by atoms with E-state index in [-0.39, 0.29) is 22.7 Å². The molecule has 2 atom stereocenters. The molecule has 0 radical (unpaired) electrons. The molecule has 4 nitrogen and oxygen atoms in total. The van der Waals surface area contributed by atoms with Crippen molar-refractivity contribution in [2.24, 2.45) is 0 Å².